The number of hydrogen-bond acceptors (Lipinski definition) is 4. The highest BCUT2D eigenvalue weighted by atomic mass is 19.3. The van der Waals surface area contributed by atoms with Crippen molar-refractivity contribution in [2.24, 2.45) is 0 Å². The molecule has 1 heterocycles. The van der Waals surface area contributed by atoms with Crippen LogP contribution in [-0.4, -0.2) is 29.5 Å². The minimum Gasteiger partial charge on any atom is -0.370 e. The monoisotopic (exact) mass is 230 g/mol. The van der Waals surface area contributed by atoms with E-state index in [4.69, 9.17) is 0 Å². The number of nitrogens with zero attached hydrogens (tertiary/aromatic N) is 2. The molecule has 2 N–H and O–H groups in total. The first-order valence-electron chi connectivity index (χ1n) is 5.23. The standard InChI is InChI=1S/C10H16F2N4/c1-3-4-13-9-5-10(14-6-8(11)12)16-7(2)15-9/h5,8H,3-4,6H2,1-2H3,(H2,13,14,15,16). The minimum absolute atomic E-state index is 0.399. The summed E-state index contributed by atoms with van der Waals surface area (Å²) in [5.74, 6) is 1.63. The molecule has 16 heavy (non-hydrogen) atoms. The van der Waals surface area contributed by atoms with Gasteiger partial charge in [-0.3, -0.25) is 0 Å². The maximum Gasteiger partial charge on any atom is 0.255 e. The SMILES string of the molecule is CCCNc1cc(NCC(F)F)nc(C)n1. The van der Waals surface area contributed by atoms with E-state index in [0.29, 0.717) is 17.5 Å². The molecule has 0 bridgehead atoms. The first kappa shape index (κ1) is 12.6. The predicted octanol–water partition coefficient (Wildman–Crippen LogP) is 2.28. The molecule has 0 spiro atoms. The summed E-state index contributed by atoms with van der Waals surface area (Å²) in [4.78, 5) is 8.17. The molecule has 0 saturated heterocycles. The second kappa shape index (κ2) is 6.19. The van der Waals surface area contributed by atoms with E-state index in [2.05, 4.69) is 20.6 Å². The Kier molecular flexibility index (Phi) is 4.88. The summed E-state index contributed by atoms with van der Waals surface area (Å²) < 4.78 is 24.0. The molecule has 0 amide bonds. The molecule has 1 aromatic heterocycles. The van der Waals surface area contributed by atoms with Gasteiger partial charge >= 0.3 is 0 Å². The lowest BCUT2D eigenvalue weighted by Gasteiger charge is -2.09. The molecule has 0 atom stereocenters. The van der Waals surface area contributed by atoms with E-state index < -0.39 is 13.0 Å². The number of rotatable bonds is 6. The van der Waals surface area contributed by atoms with Crippen LogP contribution in [0, 0.1) is 6.92 Å². The van der Waals surface area contributed by atoms with Crippen LogP contribution < -0.4 is 10.6 Å². The van der Waals surface area contributed by atoms with Crippen LogP contribution in [0.25, 0.3) is 0 Å². The average molecular weight is 230 g/mol. The minimum atomic E-state index is -2.39. The predicted molar refractivity (Wildman–Crippen MR) is 60.0 cm³/mol. The molecule has 0 aromatic carbocycles. The van der Waals surface area contributed by atoms with Crippen LogP contribution in [0.4, 0.5) is 20.4 Å². The normalized spacial score (nSPS) is 10.6. The van der Waals surface area contributed by atoms with E-state index in [-0.39, 0.29) is 0 Å². The van der Waals surface area contributed by atoms with Gasteiger partial charge in [0.2, 0.25) is 0 Å². The van der Waals surface area contributed by atoms with Gasteiger partial charge in [0.05, 0.1) is 6.54 Å². The smallest absolute Gasteiger partial charge is 0.255 e. The van der Waals surface area contributed by atoms with Crippen molar-refractivity contribution < 1.29 is 8.78 Å². The van der Waals surface area contributed by atoms with Crippen LogP contribution in [0.2, 0.25) is 0 Å². The zero-order valence-electron chi connectivity index (χ0n) is 9.43. The maximum absolute atomic E-state index is 12.0. The fraction of sp³-hybridized carbons (Fsp3) is 0.600. The van der Waals surface area contributed by atoms with Gasteiger partial charge in [-0.15, -0.1) is 0 Å². The summed E-state index contributed by atoms with van der Waals surface area (Å²) in [7, 11) is 0. The number of aromatic nitrogens is 2. The van der Waals surface area contributed by atoms with E-state index in [1.54, 1.807) is 13.0 Å². The second-order valence-corrected chi connectivity index (χ2v) is 3.38. The molecule has 0 aliphatic heterocycles. The molecule has 6 heteroatoms. The zero-order chi connectivity index (χ0) is 12.0. The van der Waals surface area contributed by atoms with Crippen LogP contribution in [0.15, 0.2) is 6.07 Å². The van der Waals surface area contributed by atoms with Gasteiger partial charge in [-0.05, 0) is 13.3 Å². The molecule has 0 aliphatic rings. The maximum atomic E-state index is 12.0. The van der Waals surface area contributed by atoms with Crippen molar-refractivity contribution in [1.29, 1.82) is 0 Å². The van der Waals surface area contributed by atoms with Gasteiger partial charge in [0.25, 0.3) is 6.43 Å². The van der Waals surface area contributed by atoms with Gasteiger partial charge in [0, 0.05) is 12.6 Å². The Balaban J connectivity index is 2.65. The molecule has 4 nitrogen and oxygen atoms in total. The Morgan fingerprint density at radius 2 is 1.88 bits per heavy atom. The molecule has 1 aromatic rings. The van der Waals surface area contributed by atoms with Crippen molar-refractivity contribution >= 4 is 11.6 Å². The number of alkyl halides is 2. The molecule has 0 unspecified atom stereocenters. The molecule has 0 aliphatic carbocycles. The number of halogens is 2. The topological polar surface area (TPSA) is 49.8 Å². The summed E-state index contributed by atoms with van der Waals surface area (Å²) >= 11 is 0. The number of anilines is 2. The van der Waals surface area contributed by atoms with Crippen LogP contribution >= 0.6 is 0 Å². The molecule has 90 valence electrons. The summed E-state index contributed by atoms with van der Waals surface area (Å²) in [6.45, 7) is 4.16. The average Bonchev–Trinajstić information content (AvgIpc) is 2.23. The van der Waals surface area contributed by atoms with Gasteiger partial charge < -0.3 is 10.6 Å². The fourth-order valence-electron chi connectivity index (χ4n) is 1.18. The highest BCUT2D eigenvalue weighted by Crippen LogP contribution is 2.11. The van der Waals surface area contributed by atoms with Gasteiger partial charge in [0.1, 0.15) is 17.5 Å². The molecule has 0 fully saturated rings. The highest BCUT2D eigenvalue weighted by molar-refractivity contribution is 5.47. The van der Waals surface area contributed by atoms with Crippen LogP contribution in [0.5, 0.6) is 0 Å². The summed E-state index contributed by atoms with van der Waals surface area (Å²) in [6, 6.07) is 1.63. The Morgan fingerprint density at radius 3 is 2.44 bits per heavy atom. The van der Waals surface area contributed by atoms with Crippen molar-refractivity contribution in [3.8, 4) is 0 Å². The van der Waals surface area contributed by atoms with E-state index in [9.17, 15) is 8.78 Å². The summed E-state index contributed by atoms with van der Waals surface area (Å²) in [5.41, 5.74) is 0. The van der Waals surface area contributed by atoms with Crippen molar-refractivity contribution in [2.75, 3.05) is 23.7 Å². The third-order valence-electron chi connectivity index (χ3n) is 1.83. The molecular formula is C10H16F2N4. The third-order valence-corrected chi connectivity index (χ3v) is 1.83. The van der Waals surface area contributed by atoms with Crippen LogP contribution in [0.1, 0.15) is 19.2 Å². The van der Waals surface area contributed by atoms with E-state index in [1.807, 2.05) is 6.92 Å². The quantitative estimate of drug-likeness (QED) is 0.787. The Labute approximate surface area is 93.5 Å². The van der Waals surface area contributed by atoms with Crippen molar-refractivity contribution in [3.63, 3.8) is 0 Å². The number of hydrogen-bond donors (Lipinski definition) is 2. The van der Waals surface area contributed by atoms with E-state index >= 15 is 0 Å². The van der Waals surface area contributed by atoms with Crippen molar-refractivity contribution in [1.82, 2.24) is 9.97 Å². The lowest BCUT2D eigenvalue weighted by molar-refractivity contribution is 0.163. The largest absolute Gasteiger partial charge is 0.370 e. The number of nitrogens with one attached hydrogen (secondary N) is 2. The highest BCUT2D eigenvalue weighted by Gasteiger charge is 2.04. The third kappa shape index (κ3) is 4.37. The molecule has 0 radical (unpaired) electrons. The van der Waals surface area contributed by atoms with Gasteiger partial charge in [-0.25, -0.2) is 18.7 Å². The Morgan fingerprint density at radius 1 is 1.25 bits per heavy atom. The lowest BCUT2D eigenvalue weighted by Crippen LogP contribution is -2.13. The van der Waals surface area contributed by atoms with Crippen molar-refractivity contribution in [2.45, 2.75) is 26.7 Å². The molecular weight excluding hydrogens is 214 g/mol. The van der Waals surface area contributed by atoms with E-state index in [0.717, 1.165) is 13.0 Å². The number of aryl methyl sites for hydroxylation is 1. The lowest BCUT2D eigenvalue weighted by atomic mass is 10.4. The summed E-state index contributed by atoms with van der Waals surface area (Å²) in [6.07, 6.45) is -1.41. The van der Waals surface area contributed by atoms with E-state index in [1.165, 1.54) is 0 Å². The first-order valence-corrected chi connectivity index (χ1v) is 5.23. The van der Waals surface area contributed by atoms with Crippen LogP contribution in [-0.2, 0) is 0 Å². The fourth-order valence-corrected chi connectivity index (χ4v) is 1.18. The van der Waals surface area contributed by atoms with Gasteiger partial charge in [0.15, 0.2) is 0 Å². The Bertz CT molecular complexity index is 331. The second-order valence-electron chi connectivity index (χ2n) is 3.38. The zero-order valence-corrected chi connectivity index (χ0v) is 9.43. The first-order chi connectivity index (χ1) is 7.61. The van der Waals surface area contributed by atoms with Crippen LogP contribution in [0.3, 0.4) is 0 Å². The van der Waals surface area contributed by atoms with Crippen molar-refractivity contribution in [3.05, 3.63) is 11.9 Å². The Hall–Kier alpha value is -1.46. The molecule has 1 rings (SSSR count). The van der Waals surface area contributed by atoms with Gasteiger partial charge in [-0.2, -0.15) is 0 Å². The van der Waals surface area contributed by atoms with Gasteiger partial charge in [-0.1, -0.05) is 6.92 Å². The summed E-state index contributed by atoms with van der Waals surface area (Å²) in [5, 5.41) is 5.65. The molecule has 0 saturated carbocycles.